The fraction of sp³-hybridized carbons (Fsp3) is 0.727. The summed E-state index contributed by atoms with van der Waals surface area (Å²) in [5, 5.41) is 3.29. The Hall–Kier alpha value is -0.900. The van der Waals surface area contributed by atoms with Gasteiger partial charge in [-0.2, -0.15) is 0 Å². The average Bonchev–Trinajstić information content (AvgIpc) is 2.67. The third-order valence-electron chi connectivity index (χ3n) is 2.78. The molecule has 0 spiro atoms. The van der Waals surface area contributed by atoms with Gasteiger partial charge in [-0.25, -0.2) is 9.37 Å². The van der Waals surface area contributed by atoms with E-state index in [4.69, 9.17) is 4.42 Å². The predicted octanol–water partition coefficient (Wildman–Crippen LogP) is 2.35. The lowest BCUT2D eigenvalue weighted by atomic mass is 10.00. The Morgan fingerprint density at radius 2 is 2.40 bits per heavy atom. The third kappa shape index (κ3) is 2.37. The van der Waals surface area contributed by atoms with Crippen molar-refractivity contribution >= 4 is 0 Å². The highest BCUT2D eigenvalue weighted by Crippen LogP contribution is 2.28. The minimum absolute atomic E-state index is 0.301. The summed E-state index contributed by atoms with van der Waals surface area (Å²) >= 11 is 0. The van der Waals surface area contributed by atoms with Crippen LogP contribution in [0.3, 0.4) is 0 Å². The molecule has 0 radical (unpaired) electrons. The van der Waals surface area contributed by atoms with Crippen molar-refractivity contribution in [2.24, 2.45) is 0 Å². The molecule has 1 aliphatic rings. The van der Waals surface area contributed by atoms with Gasteiger partial charge < -0.3 is 9.73 Å². The maximum atomic E-state index is 13.6. The molecule has 1 aliphatic heterocycles. The number of alkyl halides is 1. The van der Waals surface area contributed by atoms with Crippen LogP contribution in [0.2, 0.25) is 0 Å². The first-order valence-corrected chi connectivity index (χ1v) is 5.43. The van der Waals surface area contributed by atoms with Gasteiger partial charge in [0, 0.05) is 12.5 Å². The Bertz CT molecular complexity index is 324. The second-order valence-corrected chi connectivity index (χ2v) is 4.59. The zero-order valence-electron chi connectivity index (χ0n) is 9.22. The lowest BCUT2D eigenvalue weighted by Gasteiger charge is -2.19. The molecule has 1 N–H and O–H groups in total. The molecule has 4 heteroatoms. The predicted molar refractivity (Wildman–Crippen MR) is 55.5 cm³/mol. The second-order valence-electron chi connectivity index (χ2n) is 4.59. The van der Waals surface area contributed by atoms with Crippen LogP contribution in [0.5, 0.6) is 0 Å². The third-order valence-corrected chi connectivity index (χ3v) is 2.78. The molecule has 1 unspecified atom stereocenters. The maximum absolute atomic E-state index is 13.6. The number of nitrogens with zero attached hydrogens (tertiary/aromatic N) is 1. The molecule has 0 saturated carbocycles. The molecule has 2 heterocycles. The minimum Gasteiger partial charge on any atom is -0.448 e. The molecule has 0 amide bonds. The van der Waals surface area contributed by atoms with Crippen LogP contribution in [0.25, 0.3) is 0 Å². The van der Waals surface area contributed by atoms with E-state index in [1.165, 1.54) is 20.1 Å². The molecule has 1 aromatic rings. The van der Waals surface area contributed by atoms with Gasteiger partial charge in [0.15, 0.2) is 5.89 Å². The lowest BCUT2D eigenvalue weighted by molar-refractivity contribution is 0.214. The molecule has 1 aromatic heterocycles. The molecule has 1 atom stereocenters. The summed E-state index contributed by atoms with van der Waals surface area (Å²) in [6.45, 7) is 4.92. The van der Waals surface area contributed by atoms with E-state index in [0.717, 1.165) is 25.9 Å². The second kappa shape index (κ2) is 3.93. The quantitative estimate of drug-likeness (QED) is 0.817. The topological polar surface area (TPSA) is 38.1 Å². The number of hydrogen-bond acceptors (Lipinski definition) is 3. The van der Waals surface area contributed by atoms with Crippen molar-refractivity contribution in [2.45, 2.75) is 38.3 Å². The van der Waals surface area contributed by atoms with Crippen LogP contribution in [0.1, 0.15) is 44.2 Å². The first-order chi connectivity index (χ1) is 7.07. The van der Waals surface area contributed by atoms with Crippen molar-refractivity contribution in [3.8, 4) is 0 Å². The fourth-order valence-electron chi connectivity index (χ4n) is 1.81. The fourth-order valence-corrected chi connectivity index (χ4v) is 1.81. The van der Waals surface area contributed by atoms with E-state index in [0.29, 0.717) is 17.5 Å². The summed E-state index contributed by atoms with van der Waals surface area (Å²) in [6, 6.07) is 0. The van der Waals surface area contributed by atoms with Crippen LogP contribution < -0.4 is 5.32 Å². The van der Waals surface area contributed by atoms with Gasteiger partial charge in [-0.3, -0.25) is 0 Å². The first-order valence-electron chi connectivity index (χ1n) is 5.43. The summed E-state index contributed by atoms with van der Waals surface area (Å²) in [6.07, 6.45) is 3.63. The summed E-state index contributed by atoms with van der Waals surface area (Å²) in [4.78, 5) is 4.22. The average molecular weight is 212 g/mol. The van der Waals surface area contributed by atoms with Crippen LogP contribution in [0, 0.1) is 0 Å². The molecule has 2 rings (SSSR count). The Morgan fingerprint density at radius 3 is 2.93 bits per heavy atom. The van der Waals surface area contributed by atoms with Crippen LogP contribution in [-0.2, 0) is 5.67 Å². The summed E-state index contributed by atoms with van der Waals surface area (Å²) in [5.41, 5.74) is -1.02. The highest BCUT2D eigenvalue weighted by Gasteiger charge is 2.26. The highest BCUT2D eigenvalue weighted by atomic mass is 19.1. The van der Waals surface area contributed by atoms with Crippen molar-refractivity contribution in [1.82, 2.24) is 10.3 Å². The van der Waals surface area contributed by atoms with Gasteiger partial charge in [0.2, 0.25) is 0 Å². The Labute approximate surface area is 89.1 Å². The van der Waals surface area contributed by atoms with Crippen LogP contribution in [0.15, 0.2) is 10.7 Å². The van der Waals surface area contributed by atoms with E-state index in [2.05, 4.69) is 10.3 Å². The zero-order valence-corrected chi connectivity index (χ0v) is 9.22. The summed E-state index contributed by atoms with van der Waals surface area (Å²) < 4.78 is 18.9. The summed E-state index contributed by atoms with van der Waals surface area (Å²) in [7, 11) is 0. The number of rotatable bonds is 2. The molecule has 0 bridgehead atoms. The summed E-state index contributed by atoms with van der Waals surface area (Å²) in [5.74, 6) is 0.970. The number of aromatic nitrogens is 1. The van der Waals surface area contributed by atoms with Crippen molar-refractivity contribution in [2.75, 3.05) is 13.1 Å². The van der Waals surface area contributed by atoms with Crippen LogP contribution in [-0.4, -0.2) is 18.1 Å². The van der Waals surface area contributed by atoms with Crippen molar-refractivity contribution < 1.29 is 8.81 Å². The smallest absolute Gasteiger partial charge is 0.198 e. The van der Waals surface area contributed by atoms with E-state index in [1.54, 1.807) is 0 Å². The molecule has 1 fully saturated rings. The van der Waals surface area contributed by atoms with Gasteiger partial charge in [0.25, 0.3) is 0 Å². The number of oxazole rings is 1. The van der Waals surface area contributed by atoms with E-state index in [1.807, 2.05) is 0 Å². The molecule has 0 aromatic carbocycles. The zero-order chi connectivity index (χ0) is 10.9. The minimum atomic E-state index is -1.41. The Balaban J connectivity index is 2.12. The Morgan fingerprint density at radius 1 is 1.60 bits per heavy atom. The van der Waals surface area contributed by atoms with E-state index in [-0.39, 0.29) is 0 Å². The van der Waals surface area contributed by atoms with Gasteiger partial charge in [-0.05, 0) is 33.2 Å². The maximum Gasteiger partial charge on any atom is 0.198 e. The lowest BCUT2D eigenvalue weighted by Crippen LogP contribution is -2.28. The molecule has 0 aliphatic carbocycles. The first kappa shape index (κ1) is 10.6. The molecular formula is C11H17FN2O. The van der Waals surface area contributed by atoms with Gasteiger partial charge in [0.1, 0.15) is 17.6 Å². The van der Waals surface area contributed by atoms with Crippen LogP contribution >= 0.6 is 0 Å². The van der Waals surface area contributed by atoms with Crippen LogP contribution in [0.4, 0.5) is 4.39 Å². The van der Waals surface area contributed by atoms with Gasteiger partial charge in [0.05, 0.1) is 0 Å². The standard InChI is InChI=1S/C11H17FN2O/c1-11(2,12)9-7-15-10(14-9)8-4-3-5-13-6-8/h7-8,13H,3-6H2,1-2H3. The van der Waals surface area contributed by atoms with E-state index >= 15 is 0 Å². The monoisotopic (exact) mass is 212 g/mol. The largest absolute Gasteiger partial charge is 0.448 e. The van der Waals surface area contributed by atoms with Gasteiger partial charge in [-0.15, -0.1) is 0 Å². The molecular weight excluding hydrogens is 195 g/mol. The number of piperidine rings is 1. The van der Waals surface area contributed by atoms with Crippen molar-refractivity contribution in [3.05, 3.63) is 17.8 Å². The Kier molecular flexibility index (Phi) is 2.78. The van der Waals surface area contributed by atoms with E-state index < -0.39 is 5.67 Å². The normalized spacial score (nSPS) is 23.0. The highest BCUT2D eigenvalue weighted by molar-refractivity contribution is 5.08. The number of hydrogen-bond donors (Lipinski definition) is 1. The van der Waals surface area contributed by atoms with Gasteiger partial charge >= 0.3 is 0 Å². The number of nitrogens with one attached hydrogen (secondary N) is 1. The van der Waals surface area contributed by atoms with Crippen molar-refractivity contribution in [3.63, 3.8) is 0 Å². The van der Waals surface area contributed by atoms with E-state index in [9.17, 15) is 4.39 Å². The molecule has 3 nitrogen and oxygen atoms in total. The molecule has 84 valence electrons. The number of halogens is 1. The van der Waals surface area contributed by atoms with Gasteiger partial charge in [-0.1, -0.05) is 0 Å². The molecule has 1 saturated heterocycles. The SMILES string of the molecule is CC(C)(F)c1coc(C2CCCNC2)n1. The van der Waals surface area contributed by atoms with Crippen molar-refractivity contribution in [1.29, 1.82) is 0 Å². The molecule has 15 heavy (non-hydrogen) atoms.